The molecule has 1 nitrogen and oxygen atoms in total. The Bertz CT molecular complexity index is 437. The largest absolute Gasteiger partial charge is 0.306 e. The molecule has 0 N–H and O–H groups in total. The van der Waals surface area contributed by atoms with E-state index >= 15 is 0 Å². The fraction of sp³-hybridized carbons (Fsp3) is 0.500. The van der Waals surface area contributed by atoms with Gasteiger partial charge in [-0.2, -0.15) is 0 Å². The van der Waals surface area contributed by atoms with Crippen LogP contribution in [0.4, 0.5) is 0 Å². The third-order valence-corrected chi connectivity index (χ3v) is 5.16. The number of nitrogens with zero attached hydrogens (tertiary/aromatic N) is 1. The summed E-state index contributed by atoms with van der Waals surface area (Å²) in [6.45, 7) is 2.53. The SMILES string of the molecule is CSc1ccc(C2C=CCC3CN(C)CC32)cc1. The predicted octanol–water partition coefficient (Wildman–Crippen LogP) is 3.63. The predicted molar refractivity (Wildman–Crippen MR) is 79.2 cm³/mol. The number of allylic oxidation sites excluding steroid dienone is 2. The first-order valence-electron chi connectivity index (χ1n) is 6.77. The van der Waals surface area contributed by atoms with Crippen LogP contribution in [0.5, 0.6) is 0 Å². The average Bonchev–Trinajstić information content (AvgIpc) is 2.79. The fourth-order valence-corrected chi connectivity index (χ4v) is 3.91. The average molecular weight is 259 g/mol. The highest BCUT2D eigenvalue weighted by atomic mass is 32.2. The Morgan fingerprint density at radius 3 is 2.67 bits per heavy atom. The molecule has 0 radical (unpaired) electrons. The van der Waals surface area contributed by atoms with E-state index in [-0.39, 0.29) is 0 Å². The molecule has 1 aliphatic carbocycles. The van der Waals surface area contributed by atoms with Crippen LogP contribution in [0.2, 0.25) is 0 Å². The molecule has 1 aliphatic heterocycles. The van der Waals surface area contributed by atoms with Crippen molar-refractivity contribution < 1.29 is 0 Å². The van der Waals surface area contributed by atoms with E-state index in [9.17, 15) is 0 Å². The van der Waals surface area contributed by atoms with Gasteiger partial charge in [0.25, 0.3) is 0 Å². The van der Waals surface area contributed by atoms with Crippen LogP contribution in [-0.2, 0) is 0 Å². The lowest BCUT2D eigenvalue weighted by Crippen LogP contribution is -2.22. The van der Waals surface area contributed by atoms with Gasteiger partial charge in [0.05, 0.1) is 0 Å². The van der Waals surface area contributed by atoms with E-state index in [1.165, 1.54) is 30.0 Å². The summed E-state index contributed by atoms with van der Waals surface area (Å²) in [5.74, 6) is 2.31. The summed E-state index contributed by atoms with van der Waals surface area (Å²) < 4.78 is 0. The zero-order valence-electron chi connectivity index (χ0n) is 11.2. The van der Waals surface area contributed by atoms with Crippen LogP contribution in [0.25, 0.3) is 0 Å². The van der Waals surface area contributed by atoms with E-state index in [0.29, 0.717) is 5.92 Å². The first-order chi connectivity index (χ1) is 8.78. The molecule has 3 rings (SSSR count). The summed E-state index contributed by atoms with van der Waals surface area (Å²) in [7, 11) is 2.26. The molecule has 18 heavy (non-hydrogen) atoms. The first-order valence-corrected chi connectivity index (χ1v) is 7.99. The summed E-state index contributed by atoms with van der Waals surface area (Å²) in [5, 5.41) is 0. The van der Waals surface area contributed by atoms with Crippen molar-refractivity contribution in [2.24, 2.45) is 11.8 Å². The minimum absolute atomic E-state index is 0.629. The van der Waals surface area contributed by atoms with Gasteiger partial charge >= 0.3 is 0 Å². The van der Waals surface area contributed by atoms with Crippen LogP contribution in [0.15, 0.2) is 41.3 Å². The minimum atomic E-state index is 0.629. The van der Waals surface area contributed by atoms with Gasteiger partial charge in [-0.05, 0) is 49.3 Å². The molecule has 1 aromatic carbocycles. The van der Waals surface area contributed by atoms with Gasteiger partial charge in [0.1, 0.15) is 0 Å². The maximum absolute atomic E-state index is 2.49. The van der Waals surface area contributed by atoms with Gasteiger partial charge in [0.15, 0.2) is 0 Å². The van der Waals surface area contributed by atoms with Crippen molar-refractivity contribution in [3.8, 4) is 0 Å². The lowest BCUT2D eigenvalue weighted by Gasteiger charge is -2.29. The highest BCUT2D eigenvalue weighted by Gasteiger charge is 2.37. The second-order valence-electron chi connectivity index (χ2n) is 5.61. The molecular formula is C16H21NS. The fourth-order valence-electron chi connectivity index (χ4n) is 3.50. The topological polar surface area (TPSA) is 3.24 Å². The molecule has 3 unspecified atom stereocenters. The van der Waals surface area contributed by atoms with Gasteiger partial charge in [0.2, 0.25) is 0 Å². The van der Waals surface area contributed by atoms with Gasteiger partial charge in [0, 0.05) is 23.9 Å². The first kappa shape index (κ1) is 12.3. The molecule has 3 atom stereocenters. The molecule has 1 aromatic rings. The Kier molecular flexibility index (Phi) is 3.49. The van der Waals surface area contributed by atoms with Crippen LogP contribution in [0, 0.1) is 11.8 Å². The summed E-state index contributed by atoms with van der Waals surface area (Å²) >= 11 is 1.82. The molecule has 0 aromatic heterocycles. The number of hydrogen-bond acceptors (Lipinski definition) is 2. The zero-order chi connectivity index (χ0) is 12.5. The van der Waals surface area contributed by atoms with E-state index in [1.54, 1.807) is 0 Å². The quantitative estimate of drug-likeness (QED) is 0.589. The van der Waals surface area contributed by atoms with Crippen LogP contribution in [-0.4, -0.2) is 31.3 Å². The normalized spacial score (nSPS) is 31.6. The monoisotopic (exact) mass is 259 g/mol. The zero-order valence-corrected chi connectivity index (χ0v) is 12.0. The molecule has 96 valence electrons. The van der Waals surface area contributed by atoms with Crippen molar-refractivity contribution in [1.29, 1.82) is 0 Å². The Morgan fingerprint density at radius 1 is 1.17 bits per heavy atom. The van der Waals surface area contributed by atoms with E-state index in [1.807, 2.05) is 11.8 Å². The number of likely N-dealkylation sites (tertiary alicyclic amines) is 1. The molecule has 1 fully saturated rings. The highest BCUT2D eigenvalue weighted by Crippen LogP contribution is 2.41. The molecule has 2 heteroatoms. The molecule has 0 spiro atoms. The Labute approximate surface area is 114 Å². The number of hydrogen-bond donors (Lipinski definition) is 0. The number of fused-ring (bicyclic) bond motifs is 1. The summed E-state index contributed by atoms with van der Waals surface area (Å²) in [6.07, 6.45) is 8.24. The smallest absolute Gasteiger partial charge is 0.00693 e. The van der Waals surface area contributed by atoms with E-state index in [4.69, 9.17) is 0 Å². The van der Waals surface area contributed by atoms with Gasteiger partial charge in [-0.1, -0.05) is 24.3 Å². The third kappa shape index (κ3) is 2.24. The van der Waals surface area contributed by atoms with Crippen molar-refractivity contribution in [3.63, 3.8) is 0 Å². The third-order valence-electron chi connectivity index (χ3n) is 4.42. The standard InChI is InChI=1S/C16H21NS/c1-17-10-13-4-3-5-15(16(13)11-17)12-6-8-14(18-2)9-7-12/h3,5-9,13,15-16H,4,10-11H2,1-2H3. The number of benzene rings is 1. The lowest BCUT2D eigenvalue weighted by atomic mass is 9.75. The van der Waals surface area contributed by atoms with Crippen LogP contribution >= 0.6 is 11.8 Å². The Balaban J connectivity index is 1.85. The molecular weight excluding hydrogens is 238 g/mol. The second kappa shape index (κ2) is 5.10. The van der Waals surface area contributed by atoms with Gasteiger partial charge in [-0.3, -0.25) is 0 Å². The highest BCUT2D eigenvalue weighted by molar-refractivity contribution is 7.98. The van der Waals surface area contributed by atoms with Gasteiger partial charge < -0.3 is 4.90 Å². The number of thioether (sulfide) groups is 1. The van der Waals surface area contributed by atoms with Crippen molar-refractivity contribution >= 4 is 11.8 Å². The van der Waals surface area contributed by atoms with Gasteiger partial charge in [-0.25, -0.2) is 0 Å². The summed E-state index contributed by atoms with van der Waals surface area (Å²) in [6, 6.07) is 9.16. The molecule has 0 saturated carbocycles. The number of rotatable bonds is 2. The molecule has 0 amide bonds. The van der Waals surface area contributed by atoms with Crippen LogP contribution in [0.1, 0.15) is 17.9 Å². The van der Waals surface area contributed by atoms with Crippen LogP contribution < -0.4 is 0 Å². The maximum Gasteiger partial charge on any atom is 0.00693 e. The van der Waals surface area contributed by atoms with Crippen molar-refractivity contribution in [3.05, 3.63) is 42.0 Å². The molecule has 0 bridgehead atoms. The van der Waals surface area contributed by atoms with Crippen molar-refractivity contribution in [1.82, 2.24) is 4.90 Å². The second-order valence-corrected chi connectivity index (χ2v) is 6.49. The summed E-state index contributed by atoms with van der Waals surface area (Å²) in [4.78, 5) is 3.85. The van der Waals surface area contributed by atoms with Gasteiger partial charge in [-0.15, -0.1) is 11.8 Å². The van der Waals surface area contributed by atoms with Crippen molar-refractivity contribution in [2.75, 3.05) is 26.4 Å². The molecule has 1 heterocycles. The molecule has 1 saturated heterocycles. The van der Waals surface area contributed by atoms with E-state index in [0.717, 1.165) is 11.8 Å². The minimum Gasteiger partial charge on any atom is -0.306 e. The lowest BCUT2D eigenvalue weighted by molar-refractivity contribution is 0.368. The molecule has 2 aliphatic rings. The van der Waals surface area contributed by atoms with E-state index in [2.05, 4.69) is 54.6 Å². The van der Waals surface area contributed by atoms with Crippen molar-refractivity contribution in [2.45, 2.75) is 17.2 Å². The van der Waals surface area contributed by atoms with Crippen LogP contribution in [0.3, 0.4) is 0 Å². The summed E-state index contributed by atoms with van der Waals surface area (Å²) in [5.41, 5.74) is 1.49. The Morgan fingerprint density at radius 2 is 1.94 bits per heavy atom. The Hall–Kier alpha value is -0.730. The van der Waals surface area contributed by atoms with E-state index < -0.39 is 0 Å². The maximum atomic E-state index is 2.49.